The number of rotatable bonds is 7. The molecule has 1 N–H and O–H groups in total. The Morgan fingerprint density at radius 1 is 1.00 bits per heavy atom. The van der Waals surface area contributed by atoms with Gasteiger partial charge in [-0.15, -0.1) is 0 Å². The highest BCUT2D eigenvalue weighted by atomic mass is 16.5. The molecule has 1 aliphatic heterocycles. The predicted octanol–water partition coefficient (Wildman–Crippen LogP) is 4.75. The maximum atomic E-state index is 12.5. The number of carbonyl (C=O) groups is 1. The van der Waals surface area contributed by atoms with Crippen LogP contribution in [0.25, 0.3) is 10.9 Å². The van der Waals surface area contributed by atoms with Gasteiger partial charge < -0.3 is 24.4 Å². The lowest BCUT2D eigenvalue weighted by Gasteiger charge is -2.35. The van der Waals surface area contributed by atoms with E-state index in [0.717, 1.165) is 29.8 Å². The molecule has 1 fully saturated rings. The maximum Gasteiger partial charge on any atom is 0.262 e. The van der Waals surface area contributed by atoms with Crippen molar-refractivity contribution in [3.05, 3.63) is 48.5 Å². The fourth-order valence-electron chi connectivity index (χ4n) is 4.51. The molecule has 2 heterocycles. The van der Waals surface area contributed by atoms with Gasteiger partial charge in [-0.25, -0.2) is 4.98 Å². The van der Waals surface area contributed by atoms with E-state index in [2.05, 4.69) is 36.2 Å². The summed E-state index contributed by atoms with van der Waals surface area (Å²) < 4.78 is 16.4. The molecule has 7 nitrogen and oxygen atoms in total. The van der Waals surface area contributed by atoms with E-state index in [-0.39, 0.29) is 12.5 Å². The molecule has 0 saturated carbocycles. The van der Waals surface area contributed by atoms with Crippen molar-refractivity contribution in [2.75, 3.05) is 44.1 Å². The highest BCUT2D eigenvalue weighted by molar-refractivity contribution is 5.93. The number of methoxy groups -OCH3 is 2. The summed E-state index contributed by atoms with van der Waals surface area (Å²) in [4.78, 5) is 19.8. The minimum absolute atomic E-state index is 0.128. The molecule has 0 bridgehead atoms. The molecule has 0 spiro atoms. The van der Waals surface area contributed by atoms with Crippen LogP contribution in [0.1, 0.15) is 20.3 Å². The number of piperidine rings is 1. The van der Waals surface area contributed by atoms with Crippen molar-refractivity contribution in [3.63, 3.8) is 0 Å². The number of aromatic nitrogens is 1. The van der Waals surface area contributed by atoms with Crippen LogP contribution < -0.4 is 24.4 Å². The molecule has 0 aliphatic carbocycles. The van der Waals surface area contributed by atoms with Gasteiger partial charge in [0.2, 0.25) is 0 Å². The summed E-state index contributed by atoms with van der Waals surface area (Å²) in [5.41, 5.74) is 1.37. The summed E-state index contributed by atoms with van der Waals surface area (Å²) in [7, 11) is 3.12. The van der Waals surface area contributed by atoms with Crippen LogP contribution in [0.5, 0.6) is 17.2 Å². The van der Waals surface area contributed by atoms with Crippen LogP contribution >= 0.6 is 0 Å². The van der Waals surface area contributed by atoms with Gasteiger partial charge in [-0.2, -0.15) is 0 Å². The molecule has 33 heavy (non-hydrogen) atoms. The Balaban J connectivity index is 1.47. The van der Waals surface area contributed by atoms with Crippen molar-refractivity contribution in [1.82, 2.24) is 4.98 Å². The van der Waals surface area contributed by atoms with Crippen molar-refractivity contribution in [1.29, 1.82) is 0 Å². The van der Waals surface area contributed by atoms with Gasteiger partial charge in [0.1, 0.15) is 17.1 Å². The number of ether oxygens (including phenoxy) is 3. The van der Waals surface area contributed by atoms with E-state index in [1.807, 2.05) is 18.2 Å². The molecular weight excluding hydrogens is 418 g/mol. The smallest absolute Gasteiger partial charge is 0.262 e. The van der Waals surface area contributed by atoms with Crippen LogP contribution in [-0.4, -0.2) is 44.8 Å². The lowest BCUT2D eigenvalue weighted by Crippen LogP contribution is -2.39. The molecule has 3 aromatic rings. The maximum absolute atomic E-state index is 12.5. The number of hydrogen-bond acceptors (Lipinski definition) is 6. The van der Waals surface area contributed by atoms with Gasteiger partial charge in [-0.1, -0.05) is 26.0 Å². The fourth-order valence-corrected chi connectivity index (χ4v) is 4.51. The second-order valence-electron chi connectivity index (χ2n) is 8.75. The van der Waals surface area contributed by atoms with Gasteiger partial charge in [0, 0.05) is 30.2 Å². The molecule has 4 rings (SSSR count). The Hall–Kier alpha value is -3.48. The van der Waals surface area contributed by atoms with E-state index in [4.69, 9.17) is 19.2 Å². The molecule has 1 aliphatic rings. The zero-order valence-electron chi connectivity index (χ0n) is 19.6. The van der Waals surface area contributed by atoms with Gasteiger partial charge in [0.05, 0.1) is 14.2 Å². The zero-order chi connectivity index (χ0) is 23.4. The number of hydrogen-bond donors (Lipinski definition) is 1. The van der Waals surface area contributed by atoms with E-state index >= 15 is 0 Å². The molecular formula is C26H31N3O4. The first kappa shape index (κ1) is 22.7. The molecule has 2 unspecified atom stereocenters. The van der Waals surface area contributed by atoms with Crippen molar-refractivity contribution in [2.24, 2.45) is 11.8 Å². The summed E-state index contributed by atoms with van der Waals surface area (Å²) in [5, 5.41) is 3.81. The molecule has 174 valence electrons. The summed E-state index contributed by atoms with van der Waals surface area (Å²) >= 11 is 0. The number of anilines is 2. The summed E-state index contributed by atoms with van der Waals surface area (Å²) in [5.74, 6) is 3.69. The van der Waals surface area contributed by atoms with Crippen molar-refractivity contribution >= 4 is 28.3 Å². The summed E-state index contributed by atoms with van der Waals surface area (Å²) in [6, 6.07) is 15.1. The molecule has 0 radical (unpaired) electrons. The standard InChI is InChI=1S/C26H31N3O4/c1-17-12-18(2)15-29(14-17)24-11-8-19-6-5-7-22(26(19)28-24)33-16-25(30)27-20-9-10-21(31-3)23(13-20)32-4/h5-11,13,17-18H,12,14-16H2,1-4H3,(H,27,30). The van der Waals surface area contributed by atoms with Crippen molar-refractivity contribution < 1.29 is 19.0 Å². The number of pyridine rings is 1. The van der Waals surface area contributed by atoms with Crippen LogP contribution in [0.4, 0.5) is 11.5 Å². The van der Waals surface area contributed by atoms with Crippen LogP contribution in [0.2, 0.25) is 0 Å². The quantitative estimate of drug-likeness (QED) is 0.561. The molecule has 2 aromatic carbocycles. The predicted molar refractivity (Wildman–Crippen MR) is 131 cm³/mol. The first-order valence-corrected chi connectivity index (χ1v) is 11.3. The second-order valence-corrected chi connectivity index (χ2v) is 8.75. The van der Waals surface area contributed by atoms with E-state index < -0.39 is 0 Å². The van der Waals surface area contributed by atoms with Gasteiger partial charge in [0.15, 0.2) is 18.1 Å². The highest BCUT2D eigenvalue weighted by Crippen LogP contribution is 2.31. The molecule has 7 heteroatoms. The Morgan fingerprint density at radius 2 is 1.76 bits per heavy atom. The number of para-hydroxylation sites is 1. The summed E-state index contributed by atoms with van der Waals surface area (Å²) in [6.45, 7) is 6.45. The van der Waals surface area contributed by atoms with E-state index in [1.54, 1.807) is 32.4 Å². The normalized spacial score (nSPS) is 18.1. The number of carbonyl (C=O) groups excluding carboxylic acids is 1. The topological polar surface area (TPSA) is 72.9 Å². The average molecular weight is 450 g/mol. The Labute approximate surface area is 194 Å². The van der Waals surface area contributed by atoms with Crippen LogP contribution in [-0.2, 0) is 4.79 Å². The van der Waals surface area contributed by atoms with E-state index in [0.29, 0.717) is 34.8 Å². The van der Waals surface area contributed by atoms with Gasteiger partial charge in [-0.3, -0.25) is 4.79 Å². The van der Waals surface area contributed by atoms with Crippen LogP contribution in [0.15, 0.2) is 48.5 Å². The summed E-state index contributed by atoms with van der Waals surface area (Å²) in [6.07, 6.45) is 1.24. The van der Waals surface area contributed by atoms with Gasteiger partial charge in [-0.05, 0) is 48.6 Å². The fraction of sp³-hybridized carbons (Fsp3) is 0.385. The van der Waals surface area contributed by atoms with Crippen LogP contribution in [0.3, 0.4) is 0 Å². The number of benzene rings is 2. The monoisotopic (exact) mass is 449 g/mol. The Morgan fingerprint density at radius 3 is 2.48 bits per heavy atom. The van der Waals surface area contributed by atoms with Crippen molar-refractivity contribution in [3.8, 4) is 17.2 Å². The largest absolute Gasteiger partial charge is 0.493 e. The van der Waals surface area contributed by atoms with E-state index in [1.165, 1.54) is 6.42 Å². The Bertz CT molecular complexity index is 1120. The minimum Gasteiger partial charge on any atom is -0.493 e. The average Bonchev–Trinajstić information content (AvgIpc) is 2.81. The van der Waals surface area contributed by atoms with Gasteiger partial charge in [0.25, 0.3) is 5.91 Å². The third-order valence-corrected chi connectivity index (χ3v) is 5.89. The Kier molecular flexibility index (Phi) is 6.87. The lowest BCUT2D eigenvalue weighted by atomic mass is 9.92. The molecule has 1 saturated heterocycles. The first-order valence-electron chi connectivity index (χ1n) is 11.3. The lowest BCUT2D eigenvalue weighted by molar-refractivity contribution is -0.118. The van der Waals surface area contributed by atoms with Gasteiger partial charge >= 0.3 is 0 Å². The molecule has 1 aromatic heterocycles. The number of nitrogens with one attached hydrogen (secondary N) is 1. The van der Waals surface area contributed by atoms with Crippen LogP contribution in [0, 0.1) is 11.8 Å². The molecule has 2 atom stereocenters. The number of fused-ring (bicyclic) bond motifs is 1. The third-order valence-electron chi connectivity index (χ3n) is 5.89. The first-order chi connectivity index (χ1) is 16.0. The second kappa shape index (κ2) is 9.98. The highest BCUT2D eigenvalue weighted by Gasteiger charge is 2.23. The molecule has 1 amide bonds. The number of nitrogens with zero attached hydrogens (tertiary/aromatic N) is 2. The third kappa shape index (κ3) is 5.30. The van der Waals surface area contributed by atoms with E-state index in [9.17, 15) is 4.79 Å². The zero-order valence-corrected chi connectivity index (χ0v) is 19.6. The number of amides is 1. The van der Waals surface area contributed by atoms with Crippen molar-refractivity contribution in [2.45, 2.75) is 20.3 Å². The minimum atomic E-state index is -0.269. The SMILES string of the molecule is COc1ccc(NC(=O)COc2cccc3ccc(N4CC(C)CC(C)C4)nc23)cc1OC.